The van der Waals surface area contributed by atoms with E-state index in [9.17, 15) is 4.79 Å². The summed E-state index contributed by atoms with van der Waals surface area (Å²) >= 11 is 0. The number of fused-ring (bicyclic) bond motifs is 1. The fraction of sp³-hybridized carbons (Fsp3) is 0.500. The Hall–Kier alpha value is -2.17. The molecule has 1 heterocycles. The quantitative estimate of drug-likeness (QED) is 0.792. The van der Waals surface area contributed by atoms with Crippen molar-refractivity contribution < 1.29 is 14.3 Å². The van der Waals surface area contributed by atoms with E-state index in [2.05, 4.69) is 16.7 Å². The normalized spacial score (nSPS) is 16.4. The van der Waals surface area contributed by atoms with Crippen LogP contribution < -0.4 is 20.1 Å². The van der Waals surface area contributed by atoms with E-state index in [4.69, 9.17) is 9.47 Å². The maximum absolute atomic E-state index is 11.9. The number of benzene rings is 1. The summed E-state index contributed by atoms with van der Waals surface area (Å²) < 4.78 is 11.0. The van der Waals surface area contributed by atoms with Crippen LogP contribution in [0.1, 0.15) is 32.1 Å². The van der Waals surface area contributed by atoms with Gasteiger partial charge in [0.1, 0.15) is 13.2 Å². The Morgan fingerprint density at radius 1 is 1.13 bits per heavy atom. The molecule has 3 rings (SSSR count). The van der Waals surface area contributed by atoms with Crippen molar-refractivity contribution in [2.75, 3.05) is 31.6 Å². The van der Waals surface area contributed by atoms with Crippen LogP contribution in [0.2, 0.25) is 0 Å². The molecule has 0 bridgehead atoms. The van der Waals surface area contributed by atoms with Crippen molar-refractivity contribution in [3.8, 4) is 11.5 Å². The Balaban J connectivity index is 1.39. The van der Waals surface area contributed by atoms with Gasteiger partial charge >= 0.3 is 0 Å². The Kier molecular flexibility index (Phi) is 5.40. The third-order valence-electron chi connectivity index (χ3n) is 4.15. The third-order valence-corrected chi connectivity index (χ3v) is 4.15. The molecule has 1 aliphatic heterocycles. The number of hydrogen-bond acceptors (Lipinski definition) is 4. The zero-order chi connectivity index (χ0) is 15.9. The number of allylic oxidation sites excluding steroid dienone is 1. The summed E-state index contributed by atoms with van der Waals surface area (Å²) in [6.45, 7) is 2.12. The maximum atomic E-state index is 11.9. The summed E-state index contributed by atoms with van der Waals surface area (Å²) in [6, 6.07) is 5.63. The summed E-state index contributed by atoms with van der Waals surface area (Å²) in [5.74, 6) is 1.49. The van der Waals surface area contributed by atoms with E-state index in [1.54, 1.807) is 0 Å². The van der Waals surface area contributed by atoms with Gasteiger partial charge in [0.25, 0.3) is 0 Å². The minimum absolute atomic E-state index is 0.0105. The van der Waals surface area contributed by atoms with Crippen LogP contribution in [-0.4, -0.2) is 32.2 Å². The van der Waals surface area contributed by atoms with Crippen molar-refractivity contribution in [3.05, 3.63) is 29.8 Å². The molecule has 2 aliphatic rings. The number of ether oxygens (including phenoxy) is 2. The maximum Gasteiger partial charge on any atom is 0.239 e. The Bertz CT molecular complexity index is 584. The molecular weight excluding hydrogens is 292 g/mol. The van der Waals surface area contributed by atoms with Gasteiger partial charge < -0.3 is 20.1 Å². The standard InChI is InChI=1S/C18H24N2O3/c21-18(19-9-8-14-4-2-1-3-5-14)13-20-15-6-7-16-17(12-15)23-11-10-22-16/h4,6-7,12,20H,1-3,5,8-11,13H2,(H,19,21). The first-order valence-corrected chi connectivity index (χ1v) is 8.39. The van der Waals surface area contributed by atoms with Gasteiger partial charge in [-0.25, -0.2) is 0 Å². The molecular formula is C18H24N2O3. The average molecular weight is 316 g/mol. The molecule has 0 aromatic heterocycles. The molecule has 23 heavy (non-hydrogen) atoms. The largest absolute Gasteiger partial charge is 0.486 e. The molecule has 1 aromatic carbocycles. The highest BCUT2D eigenvalue weighted by Crippen LogP contribution is 2.32. The molecule has 0 radical (unpaired) electrons. The number of anilines is 1. The van der Waals surface area contributed by atoms with Crippen LogP contribution in [0.5, 0.6) is 11.5 Å². The van der Waals surface area contributed by atoms with Crippen LogP contribution in [0.15, 0.2) is 29.8 Å². The van der Waals surface area contributed by atoms with Crippen LogP contribution in [0.4, 0.5) is 5.69 Å². The lowest BCUT2D eigenvalue weighted by molar-refractivity contribution is -0.119. The number of nitrogens with one attached hydrogen (secondary N) is 2. The van der Waals surface area contributed by atoms with E-state index in [0.29, 0.717) is 19.8 Å². The Labute approximate surface area is 137 Å². The van der Waals surface area contributed by atoms with E-state index < -0.39 is 0 Å². The van der Waals surface area contributed by atoms with Crippen LogP contribution in [0.3, 0.4) is 0 Å². The molecule has 1 aromatic rings. The van der Waals surface area contributed by atoms with Crippen molar-refractivity contribution >= 4 is 11.6 Å². The van der Waals surface area contributed by atoms with Crippen LogP contribution in [0, 0.1) is 0 Å². The van der Waals surface area contributed by atoms with Gasteiger partial charge in [-0.15, -0.1) is 0 Å². The minimum atomic E-state index is 0.0105. The molecule has 0 atom stereocenters. The highest BCUT2D eigenvalue weighted by atomic mass is 16.6. The zero-order valence-electron chi connectivity index (χ0n) is 13.4. The molecule has 124 valence electrons. The molecule has 0 fully saturated rings. The van der Waals surface area contributed by atoms with E-state index in [1.807, 2.05) is 18.2 Å². The van der Waals surface area contributed by atoms with E-state index in [0.717, 1.165) is 23.6 Å². The van der Waals surface area contributed by atoms with Gasteiger partial charge in [-0.05, 0) is 44.2 Å². The predicted molar refractivity (Wildman–Crippen MR) is 90.1 cm³/mol. The van der Waals surface area contributed by atoms with Crippen LogP contribution >= 0.6 is 0 Å². The van der Waals surface area contributed by atoms with Crippen molar-refractivity contribution in [2.45, 2.75) is 32.1 Å². The molecule has 2 N–H and O–H groups in total. The van der Waals surface area contributed by atoms with Gasteiger partial charge in [0.05, 0.1) is 6.54 Å². The second-order valence-electron chi connectivity index (χ2n) is 5.92. The molecule has 1 amide bonds. The second-order valence-corrected chi connectivity index (χ2v) is 5.92. The number of rotatable bonds is 6. The monoisotopic (exact) mass is 316 g/mol. The van der Waals surface area contributed by atoms with Gasteiger partial charge in [-0.3, -0.25) is 4.79 Å². The molecule has 1 aliphatic carbocycles. The highest BCUT2D eigenvalue weighted by Gasteiger charge is 2.12. The summed E-state index contributed by atoms with van der Waals surface area (Å²) in [5, 5.41) is 6.09. The zero-order valence-corrected chi connectivity index (χ0v) is 13.4. The van der Waals surface area contributed by atoms with Crippen molar-refractivity contribution in [3.63, 3.8) is 0 Å². The predicted octanol–water partition coefficient (Wildman–Crippen LogP) is 2.88. The van der Waals surface area contributed by atoms with Crippen molar-refractivity contribution in [1.82, 2.24) is 5.32 Å². The first-order valence-electron chi connectivity index (χ1n) is 8.39. The van der Waals surface area contributed by atoms with Gasteiger partial charge in [0.2, 0.25) is 5.91 Å². The summed E-state index contributed by atoms with van der Waals surface area (Å²) in [5.41, 5.74) is 2.34. The smallest absolute Gasteiger partial charge is 0.239 e. The second kappa shape index (κ2) is 7.90. The van der Waals surface area contributed by atoms with Gasteiger partial charge in [0.15, 0.2) is 11.5 Å². The summed E-state index contributed by atoms with van der Waals surface area (Å²) in [7, 11) is 0. The van der Waals surface area contributed by atoms with Gasteiger partial charge in [-0.1, -0.05) is 11.6 Å². The van der Waals surface area contributed by atoms with Gasteiger partial charge in [0, 0.05) is 18.3 Å². The Morgan fingerprint density at radius 3 is 2.83 bits per heavy atom. The first kappa shape index (κ1) is 15.7. The highest BCUT2D eigenvalue weighted by molar-refractivity contribution is 5.80. The fourth-order valence-electron chi connectivity index (χ4n) is 2.89. The van der Waals surface area contributed by atoms with Crippen molar-refractivity contribution in [2.24, 2.45) is 0 Å². The van der Waals surface area contributed by atoms with E-state index in [-0.39, 0.29) is 12.5 Å². The van der Waals surface area contributed by atoms with E-state index >= 15 is 0 Å². The minimum Gasteiger partial charge on any atom is -0.486 e. The number of carbonyl (C=O) groups excluding carboxylic acids is 1. The van der Waals surface area contributed by atoms with Gasteiger partial charge in [-0.2, -0.15) is 0 Å². The van der Waals surface area contributed by atoms with Crippen molar-refractivity contribution in [1.29, 1.82) is 0 Å². The molecule has 0 saturated heterocycles. The fourth-order valence-corrected chi connectivity index (χ4v) is 2.89. The van der Waals surface area contributed by atoms with E-state index in [1.165, 1.54) is 31.3 Å². The molecule has 0 saturated carbocycles. The SMILES string of the molecule is O=C(CNc1ccc2c(c1)OCCO2)NCCC1=CCCCC1. The first-order chi connectivity index (χ1) is 11.3. The number of hydrogen-bond donors (Lipinski definition) is 2. The summed E-state index contributed by atoms with van der Waals surface area (Å²) in [4.78, 5) is 11.9. The lowest BCUT2D eigenvalue weighted by atomic mass is 9.97. The van der Waals surface area contributed by atoms with Crippen LogP contribution in [0.25, 0.3) is 0 Å². The average Bonchev–Trinajstić information content (AvgIpc) is 2.61. The molecule has 0 unspecified atom stereocenters. The Morgan fingerprint density at radius 2 is 2.00 bits per heavy atom. The number of amides is 1. The topological polar surface area (TPSA) is 59.6 Å². The molecule has 0 spiro atoms. The van der Waals surface area contributed by atoms with Crippen LogP contribution in [-0.2, 0) is 4.79 Å². The lowest BCUT2D eigenvalue weighted by Gasteiger charge is -2.19. The lowest BCUT2D eigenvalue weighted by Crippen LogP contribution is -2.30. The summed E-state index contributed by atoms with van der Waals surface area (Å²) in [6.07, 6.45) is 8.25. The number of carbonyl (C=O) groups is 1. The third kappa shape index (κ3) is 4.65. The molecule has 5 nitrogen and oxygen atoms in total. The molecule has 5 heteroatoms.